The number of aliphatic hydroxyl groups is 1. The van der Waals surface area contributed by atoms with E-state index in [1.807, 2.05) is 0 Å². The molecule has 1 aliphatic heterocycles. The summed E-state index contributed by atoms with van der Waals surface area (Å²) in [6.45, 7) is 5.66. The second kappa shape index (κ2) is 10.9. The maximum Gasteiger partial charge on any atom is 0.459 e. The van der Waals surface area contributed by atoms with E-state index < -0.39 is 55.7 Å². The molecule has 1 aliphatic carbocycles. The van der Waals surface area contributed by atoms with Crippen molar-refractivity contribution in [2.45, 2.75) is 57.8 Å². The second-order valence-corrected chi connectivity index (χ2v) is 12.2. The van der Waals surface area contributed by atoms with Crippen LogP contribution in [0.3, 0.4) is 0 Å². The Morgan fingerprint density at radius 2 is 1.98 bits per heavy atom. The van der Waals surface area contributed by atoms with Gasteiger partial charge in [-0.05, 0) is 39.8 Å². The van der Waals surface area contributed by atoms with Gasteiger partial charge in [-0.15, -0.1) is 0 Å². The Labute approximate surface area is 235 Å². The third kappa shape index (κ3) is 4.97. The first-order valence-corrected chi connectivity index (χ1v) is 14.7. The van der Waals surface area contributed by atoms with Crippen LogP contribution < -0.4 is 14.3 Å². The molecule has 13 nitrogen and oxygen atoms in total. The molecule has 3 aromatic rings. The third-order valence-electron chi connectivity index (χ3n) is 7.73. The van der Waals surface area contributed by atoms with Gasteiger partial charge in [0.05, 0.1) is 43.8 Å². The first-order chi connectivity index (χ1) is 19.5. The van der Waals surface area contributed by atoms with E-state index in [9.17, 15) is 14.5 Å². The third-order valence-corrected chi connectivity index (χ3v) is 9.37. The number of halogens is 1. The highest BCUT2D eigenvalue weighted by molar-refractivity contribution is 7.52. The van der Waals surface area contributed by atoms with Crippen molar-refractivity contribution < 1.29 is 42.1 Å². The molecule has 2 fully saturated rings. The molecule has 41 heavy (non-hydrogen) atoms. The Hall–Kier alpha value is -3.16. The Balaban J connectivity index is 1.35. The van der Waals surface area contributed by atoms with Gasteiger partial charge in [0.25, 0.3) is 0 Å². The number of hydrogen-bond acceptors (Lipinski definition) is 11. The van der Waals surface area contributed by atoms with Gasteiger partial charge in [-0.2, -0.15) is 10.1 Å². The molecule has 5 rings (SSSR count). The van der Waals surface area contributed by atoms with Crippen LogP contribution in [0.15, 0.2) is 43.0 Å². The number of alkyl halides is 1. The highest BCUT2D eigenvalue weighted by atomic mass is 31.2. The number of aliphatic hydroxyl groups excluding tert-OH is 1. The number of ether oxygens (including phenoxy) is 3. The van der Waals surface area contributed by atoms with E-state index in [-0.39, 0.29) is 24.3 Å². The average Bonchev–Trinajstić information content (AvgIpc) is 3.15. The summed E-state index contributed by atoms with van der Waals surface area (Å²) in [5.41, 5.74) is -1.91. The van der Waals surface area contributed by atoms with Gasteiger partial charge in [0.15, 0.2) is 23.6 Å². The number of esters is 1. The minimum atomic E-state index is -4.20. The number of fused-ring (bicyclic) bond motifs is 2. The van der Waals surface area contributed by atoms with Gasteiger partial charge in [-0.25, -0.2) is 18.9 Å². The Kier molecular flexibility index (Phi) is 7.81. The molecule has 0 bridgehead atoms. The van der Waals surface area contributed by atoms with E-state index in [0.717, 1.165) is 0 Å². The van der Waals surface area contributed by atoms with Crippen molar-refractivity contribution in [1.82, 2.24) is 24.6 Å². The lowest BCUT2D eigenvalue weighted by Crippen LogP contribution is -2.36. The summed E-state index contributed by atoms with van der Waals surface area (Å²) in [7, 11) is -2.76. The maximum absolute atomic E-state index is 16.2. The molecular weight excluding hydrogens is 560 g/mol. The van der Waals surface area contributed by atoms with Crippen LogP contribution in [0.1, 0.15) is 33.9 Å². The number of benzene rings is 1. The lowest BCUT2D eigenvalue weighted by atomic mass is 9.96. The molecule has 2 aliphatic rings. The summed E-state index contributed by atoms with van der Waals surface area (Å²) >= 11 is 0. The molecule has 0 spiro atoms. The van der Waals surface area contributed by atoms with Crippen LogP contribution in [-0.4, -0.2) is 74.8 Å². The van der Waals surface area contributed by atoms with Crippen molar-refractivity contribution in [3.8, 4) is 11.6 Å². The van der Waals surface area contributed by atoms with Crippen LogP contribution in [-0.2, 0) is 23.4 Å². The largest absolute Gasteiger partial charge is 0.479 e. The smallest absolute Gasteiger partial charge is 0.459 e. The van der Waals surface area contributed by atoms with Crippen LogP contribution in [0.25, 0.3) is 11.2 Å². The minimum Gasteiger partial charge on any atom is -0.479 e. The first kappa shape index (κ1) is 29.3. The average molecular weight is 594 g/mol. The quantitative estimate of drug-likeness (QED) is 0.234. The summed E-state index contributed by atoms with van der Waals surface area (Å²) in [6.07, 6.45) is -0.578. The Bertz CT molecular complexity index is 1460. The minimum absolute atomic E-state index is 0.231. The van der Waals surface area contributed by atoms with Gasteiger partial charge in [-0.1, -0.05) is 18.2 Å². The molecular formula is C26H33FN5O8P. The summed E-state index contributed by atoms with van der Waals surface area (Å²) in [5.74, 6) is -0.881. The molecule has 222 valence electrons. The summed E-state index contributed by atoms with van der Waals surface area (Å²) < 4.78 is 59.6. The van der Waals surface area contributed by atoms with Crippen molar-refractivity contribution in [1.29, 1.82) is 0 Å². The van der Waals surface area contributed by atoms with Crippen molar-refractivity contribution in [2.75, 3.05) is 20.3 Å². The van der Waals surface area contributed by atoms with E-state index in [4.69, 9.17) is 23.3 Å². The zero-order valence-electron chi connectivity index (χ0n) is 23.3. The van der Waals surface area contributed by atoms with Crippen molar-refractivity contribution in [3.63, 3.8) is 0 Å². The molecule has 0 radical (unpaired) electrons. The van der Waals surface area contributed by atoms with Crippen molar-refractivity contribution >= 4 is 24.9 Å². The van der Waals surface area contributed by atoms with E-state index in [1.54, 1.807) is 51.1 Å². The summed E-state index contributed by atoms with van der Waals surface area (Å²) in [4.78, 5) is 24.9. The van der Waals surface area contributed by atoms with Crippen LogP contribution in [0.4, 0.5) is 4.39 Å². The lowest BCUT2D eigenvalue weighted by molar-refractivity contribution is -0.149. The van der Waals surface area contributed by atoms with E-state index >= 15 is 4.39 Å². The zero-order valence-corrected chi connectivity index (χ0v) is 24.2. The molecule has 2 aromatic heterocycles. The van der Waals surface area contributed by atoms with Crippen LogP contribution in [0.5, 0.6) is 11.6 Å². The first-order valence-electron chi connectivity index (χ1n) is 13.1. The number of carbonyl (C=O) groups excluding carboxylic acids is 1. The number of para-hydroxylation sites is 1. The molecule has 2 N–H and O–H groups in total. The van der Waals surface area contributed by atoms with Crippen LogP contribution in [0.2, 0.25) is 0 Å². The highest BCUT2D eigenvalue weighted by Gasteiger charge is 2.85. The number of nitrogens with zero attached hydrogens (tertiary/aromatic N) is 4. The fraction of sp³-hybridized carbons (Fsp3) is 0.538. The molecule has 1 saturated heterocycles. The number of rotatable bonds is 12. The number of aromatic nitrogens is 4. The molecule has 1 aromatic carbocycles. The Morgan fingerprint density at radius 1 is 1.24 bits per heavy atom. The number of imidazole rings is 1. The van der Waals surface area contributed by atoms with E-state index in [1.165, 1.54) is 31.3 Å². The Morgan fingerprint density at radius 3 is 2.61 bits per heavy atom. The topological polar surface area (TPSA) is 156 Å². The monoisotopic (exact) mass is 593 g/mol. The van der Waals surface area contributed by atoms with Crippen LogP contribution >= 0.6 is 7.75 Å². The van der Waals surface area contributed by atoms with E-state index in [2.05, 4.69) is 20.0 Å². The number of hydrogen-bond donors (Lipinski definition) is 2. The second-order valence-electron chi connectivity index (χ2n) is 10.5. The van der Waals surface area contributed by atoms with Gasteiger partial charge in [0.2, 0.25) is 5.88 Å². The van der Waals surface area contributed by atoms with E-state index in [0.29, 0.717) is 11.2 Å². The normalized spacial score (nSPS) is 29.1. The molecule has 3 heterocycles. The molecule has 4 unspecified atom stereocenters. The van der Waals surface area contributed by atoms with Gasteiger partial charge in [0, 0.05) is 5.92 Å². The lowest BCUT2D eigenvalue weighted by Gasteiger charge is -2.26. The number of carbonyl (C=O) groups is 1. The number of methoxy groups -OCH3 is 1. The standard InChI is InChI=1S/C26H33FN5O8P/c1-15(2)38-24(34)16(3)31-41(35,40-17-9-7-6-8-10-17)37-11-18-25(4)26(18,12-33)20(27)23(39-25)32-14-30-19-21(32)28-13-29-22(19)36-5/h6-10,13-16,18,20,23,33H,11-12H2,1-5H3,(H,31,35)/t16-,18-,20?,23+,25?,26?,41?/m0/s1. The van der Waals surface area contributed by atoms with Gasteiger partial charge < -0.3 is 23.8 Å². The molecule has 0 amide bonds. The zero-order chi connectivity index (χ0) is 29.6. The summed E-state index contributed by atoms with van der Waals surface area (Å²) in [6, 6.07) is 7.24. The fourth-order valence-electron chi connectivity index (χ4n) is 5.54. The van der Waals surface area contributed by atoms with Crippen molar-refractivity contribution in [2.24, 2.45) is 11.3 Å². The summed E-state index contributed by atoms with van der Waals surface area (Å²) in [5, 5.41) is 13.0. The fourth-order valence-corrected chi connectivity index (χ4v) is 7.05. The highest BCUT2D eigenvalue weighted by Crippen LogP contribution is 2.74. The predicted octanol–water partition coefficient (Wildman–Crippen LogP) is 3.20. The molecule has 1 saturated carbocycles. The number of nitrogens with one attached hydrogen (secondary N) is 1. The molecule has 15 heteroatoms. The van der Waals surface area contributed by atoms with Gasteiger partial charge >= 0.3 is 13.7 Å². The molecule has 7 atom stereocenters. The van der Waals surface area contributed by atoms with Crippen LogP contribution in [0, 0.1) is 11.3 Å². The SMILES string of the molecule is COc1ncnc2c1ncn2[C@@H]1OC2(C)[C@H](COP(=O)(N[C@@H](C)C(=O)OC(C)C)Oc3ccccc3)C2(CO)C1F. The van der Waals surface area contributed by atoms with Crippen molar-refractivity contribution in [3.05, 3.63) is 43.0 Å². The maximum atomic E-state index is 16.2. The predicted molar refractivity (Wildman–Crippen MR) is 143 cm³/mol. The van der Waals surface area contributed by atoms with Gasteiger partial charge in [0.1, 0.15) is 18.1 Å². The van der Waals surface area contributed by atoms with Gasteiger partial charge in [-0.3, -0.25) is 13.9 Å².